The van der Waals surface area contributed by atoms with E-state index in [1.165, 1.54) is 60.6 Å². The molecule has 48 heavy (non-hydrogen) atoms. The Morgan fingerprint density at radius 3 is 1.52 bits per heavy atom. The Balaban J connectivity index is 1.12. The van der Waals surface area contributed by atoms with Crippen LogP contribution in [0.2, 0.25) is 0 Å². The van der Waals surface area contributed by atoms with Crippen molar-refractivity contribution in [3.63, 3.8) is 0 Å². The van der Waals surface area contributed by atoms with Gasteiger partial charge in [0, 0.05) is 45.2 Å². The number of rotatable bonds is 6. The lowest BCUT2D eigenvalue weighted by Crippen LogP contribution is -2.09. The number of nitrogens with zero attached hydrogens (tertiary/aromatic N) is 2. The van der Waals surface area contributed by atoms with Crippen LogP contribution in [0.15, 0.2) is 194 Å². The second-order valence-corrected chi connectivity index (χ2v) is 12.2. The maximum atomic E-state index is 2.40. The molecule has 0 fully saturated rings. The van der Waals surface area contributed by atoms with Gasteiger partial charge < -0.3 is 9.30 Å². The molecular formula is C46H32N2. The van der Waals surface area contributed by atoms with Crippen LogP contribution in [-0.4, -0.2) is 4.40 Å². The molecule has 0 spiro atoms. The highest BCUT2D eigenvalue weighted by Gasteiger charge is 2.19. The number of benzene rings is 7. The number of para-hydroxylation sites is 3. The maximum absolute atomic E-state index is 2.40. The van der Waals surface area contributed by atoms with Gasteiger partial charge in [-0.2, -0.15) is 0 Å². The quantitative estimate of drug-likeness (QED) is 0.181. The van der Waals surface area contributed by atoms with Gasteiger partial charge in [0.15, 0.2) is 0 Å². The molecule has 2 heterocycles. The summed E-state index contributed by atoms with van der Waals surface area (Å²) in [4.78, 5) is 2.29. The Morgan fingerprint density at radius 1 is 0.333 bits per heavy atom. The van der Waals surface area contributed by atoms with Crippen molar-refractivity contribution < 1.29 is 0 Å². The van der Waals surface area contributed by atoms with Crippen molar-refractivity contribution in [2.45, 2.75) is 0 Å². The van der Waals surface area contributed by atoms with Crippen molar-refractivity contribution in [2.24, 2.45) is 0 Å². The normalized spacial score (nSPS) is 11.3. The van der Waals surface area contributed by atoms with Crippen molar-refractivity contribution in [2.75, 3.05) is 4.90 Å². The molecule has 7 aromatic carbocycles. The summed E-state index contributed by atoms with van der Waals surface area (Å²) in [5, 5.41) is 3.77. The molecule has 0 radical (unpaired) electrons. The van der Waals surface area contributed by atoms with Crippen LogP contribution in [0.4, 0.5) is 17.1 Å². The third-order valence-corrected chi connectivity index (χ3v) is 9.39. The highest BCUT2D eigenvalue weighted by Crippen LogP contribution is 2.43. The summed E-state index contributed by atoms with van der Waals surface area (Å²) in [5.41, 5.74) is 13.2. The first-order valence-corrected chi connectivity index (χ1v) is 16.4. The molecule has 2 nitrogen and oxygen atoms in total. The van der Waals surface area contributed by atoms with E-state index in [-0.39, 0.29) is 0 Å². The van der Waals surface area contributed by atoms with E-state index in [1.807, 2.05) is 0 Å². The van der Waals surface area contributed by atoms with Crippen LogP contribution in [0, 0.1) is 0 Å². The standard InChI is InChI=1S/C46H32N2/c1-4-14-37(15-5-1)44-43-22-12-21-41(45(43)47-32-31-35-13-10-11-20-42(35)46(44)47)36-25-23-33(24-26-36)34-27-29-40(30-28-34)48(38-16-6-2-7-17-38)39-18-8-3-9-19-39/h1-32H. The average molecular weight is 613 g/mol. The van der Waals surface area contributed by atoms with Gasteiger partial charge in [0.2, 0.25) is 0 Å². The number of aromatic nitrogens is 1. The van der Waals surface area contributed by atoms with E-state index < -0.39 is 0 Å². The van der Waals surface area contributed by atoms with Crippen LogP contribution < -0.4 is 4.90 Å². The van der Waals surface area contributed by atoms with Gasteiger partial charge in [0.25, 0.3) is 0 Å². The van der Waals surface area contributed by atoms with Crippen molar-refractivity contribution in [1.82, 2.24) is 4.40 Å². The van der Waals surface area contributed by atoms with E-state index in [1.54, 1.807) is 0 Å². The van der Waals surface area contributed by atoms with Gasteiger partial charge in [-0.05, 0) is 70.1 Å². The van der Waals surface area contributed by atoms with Crippen molar-refractivity contribution in [3.8, 4) is 33.4 Å². The average Bonchev–Trinajstić information content (AvgIpc) is 3.52. The summed E-state index contributed by atoms with van der Waals surface area (Å²) in [6.07, 6.45) is 2.24. The van der Waals surface area contributed by atoms with Crippen LogP contribution in [0.3, 0.4) is 0 Å². The molecule has 0 atom stereocenters. The minimum atomic E-state index is 1.13. The lowest BCUT2D eigenvalue weighted by Gasteiger charge is -2.25. The second-order valence-electron chi connectivity index (χ2n) is 12.2. The van der Waals surface area contributed by atoms with Gasteiger partial charge >= 0.3 is 0 Å². The van der Waals surface area contributed by atoms with Crippen LogP contribution >= 0.6 is 0 Å². The van der Waals surface area contributed by atoms with E-state index in [2.05, 4.69) is 204 Å². The largest absolute Gasteiger partial charge is 0.315 e. The molecule has 9 rings (SSSR count). The van der Waals surface area contributed by atoms with E-state index in [9.17, 15) is 0 Å². The molecule has 0 aliphatic rings. The molecule has 2 aromatic heterocycles. The topological polar surface area (TPSA) is 7.65 Å². The summed E-state index contributed by atoms with van der Waals surface area (Å²) in [5.74, 6) is 0. The first-order valence-electron chi connectivity index (χ1n) is 16.4. The Hall–Kier alpha value is -6.38. The number of pyridine rings is 1. The third-order valence-electron chi connectivity index (χ3n) is 9.39. The molecule has 0 saturated heterocycles. The van der Waals surface area contributed by atoms with Gasteiger partial charge in [0.05, 0.1) is 11.0 Å². The Labute approximate surface area is 280 Å². The van der Waals surface area contributed by atoms with Crippen LogP contribution in [-0.2, 0) is 0 Å². The van der Waals surface area contributed by atoms with Gasteiger partial charge in [-0.15, -0.1) is 0 Å². The predicted molar refractivity (Wildman–Crippen MR) is 203 cm³/mol. The summed E-state index contributed by atoms with van der Waals surface area (Å²) in [6.45, 7) is 0. The summed E-state index contributed by atoms with van der Waals surface area (Å²) >= 11 is 0. The fraction of sp³-hybridized carbons (Fsp3) is 0. The number of hydrogen-bond donors (Lipinski definition) is 0. The lowest BCUT2D eigenvalue weighted by atomic mass is 9.96. The Morgan fingerprint density at radius 2 is 0.854 bits per heavy atom. The molecule has 0 amide bonds. The van der Waals surface area contributed by atoms with Crippen molar-refractivity contribution in [3.05, 3.63) is 194 Å². The smallest absolute Gasteiger partial charge is 0.0619 e. The first kappa shape index (κ1) is 27.9. The minimum Gasteiger partial charge on any atom is -0.315 e. The molecule has 0 N–H and O–H groups in total. The van der Waals surface area contributed by atoms with Gasteiger partial charge in [-0.25, -0.2) is 0 Å². The Kier molecular flexibility index (Phi) is 6.84. The van der Waals surface area contributed by atoms with E-state index >= 15 is 0 Å². The molecule has 9 aromatic rings. The van der Waals surface area contributed by atoms with Gasteiger partial charge in [-0.1, -0.05) is 146 Å². The molecule has 0 unspecified atom stereocenters. The first-order chi connectivity index (χ1) is 23.8. The maximum Gasteiger partial charge on any atom is 0.0619 e. The molecule has 0 saturated carbocycles. The zero-order chi connectivity index (χ0) is 31.9. The van der Waals surface area contributed by atoms with E-state index in [0.29, 0.717) is 0 Å². The summed E-state index contributed by atoms with van der Waals surface area (Å²) in [6, 6.07) is 67.4. The fourth-order valence-electron chi connectivity index (χ4n) is 7.17. The molecule has 0 bridgehead atoms. The molecule has 0 aliphatic heterocycles. The zero-order valence-electron chi connectivity index (χ0n) is 26.4. The number of hydrogen-bond acceptors (Lipinski definition) is 1. The lowest BCUT2D eigenvalue weighted by molar-refractivity contribution is 1.27. The van der Waals surface area contributed by atoms with Crippen molar-refractivity contribution >= 4 is 44.3 Å². The monoisotopic (exact) mass is 612 g/mol. The third kappa shape index (κ3) is 4.74. The minimum absolute atomic E-state index is 1.13. The van der Waals surface area contributed by atoms with Crippen LogP contribution in [0.5, 0.6) is 0 Å². The Bertz CT molecular complexity index is 2470. The van der Waals surface area contributed by atoms with Crippen LogP contribution in [0.1, 0.15) is 0 Å². The fourth-order valence-corrected chi connectivity index (χ4v) is 7.17. The van der Waals surface area contributed by atoms with Gasteiger partial charge in [0.1, 0.15) is 0 Å². The molecular weight excluding hydrogens is 581 g/mol. The van der Waals surface area contributed by atoms with Gasteiger partial charge in [-0.3, -0.25) is 0 Å². The summed E-state index contributed by atoms with van der Waals surface area (Å²) in [7, 11) is 0. The summed E-state index contributed by atoms with van der Waals surface area (Å²) < 4.78 is 2.40. The second kappa shape index (κ2) is 11.8. The number of anilines is 3. The zero-order valence-corrected chi connectivity index (χ0v) is 26.4. The molecule has 2 heteroatoms. The highest BCUT2D eigenvalue weighted by atomic mass is 15.1. The highest BCUT2D eigenvalue weighted by molar-refractivity contribution is 6.17. The van der Waals surface area contributed by atoms with E-state index in [4.69, 9.17) is 0 Å². The molecule has 226 valence electrons. The number of fused-ring (bicyclic) bond motifs is 5. The molecule has 0 aliphatic carbocycles. The van der Waals surface area contributed by atoms with Crippen LogP contribution in [0.25, 0.3) is 60.6 Å². The SMILES string of the molecule is c1ccc(-c2c3cccc(-c4ccc(-c5ccc(N(c6ccccc6)c6ccccc6)cc5)cc4)c3n3ccc4ccccc4c23)cc1. The van der Waals surface area contributed by atoms with E-state index in [0.717, 1.165) is 17.1 Å². The predicted octanol–water partition coefficient (Wildman–Crippen LogP) is 12.7. The van der Waals surface area contributed by atoms with Crippen molar-refractivity contribution in [1.29, 1.82) is 0 Å².